The number of hydrogen-bond donors (Lipinski definition) is 4. The quantitative estimate of drug-likeness (QED) is 0.339. The van der Waals surface area contributed by atoms with Gasteiger partial charge in [0.25, 0.3) is 5.91 Å². The van der Waals surface area contributed by atoms with Crippen LogP contribution in [0.4, 0.5) is 15.8 Å². The first-order valence-electron chi connectivity index (χ1n) is 11.7. The Morgan fingerprint density at radius 1 is 1.40 bits per heavy atom. The van der Waals surface area contributed by atoms with E-state index >= 15 is 0 Å². The lowest BCUT2D eigenvalue weighted by atomic mass is 9.37. The average molecular weight is 519 g/mol. The summed E-state index contributed by atoms with van der Waals surface area (Å²) < 4.78 is 21.3. The Morgan fingerprint density at radius 2 is 2.23 bits per heavy atom. The second-order valence-corrected chi connectivity index (χ2v) is 11.0. The van der Waals surface area contributed by atoms with E-state index in [1.807, 2.05) is 4.57 Å². The van der Waals surface area contributed by atoms with Crippen LogP contribution in [0.2, 0.25) is 5.02 Å². The van der Waals surface area contributed by atoms with Crippen LogP contribution in [0.3, 0.4) is 0 Å². The molecule has 1 saturated heterocycles. The molecular weight excluding hydrogens is 495 g/mol. The third-order valence-electron chi connectivity index (χ3n) is 8.29. The van der Waals surface area contributed by atoms with Gasteiger partial charge in [-0.15, -0.1) is 0 Å². The molecule has 2 saturated carbocycles. The van der Waals surface area contributed by atoms with Gasteiger partial charge in [0.1, 0.15) is 17.5 Å². The molecule has 12 heteroatoms. The summed E-state index contributed by atoms with van der Waals surface area (Å²) in [5.74, 6) is -1.34. The molecule has 0 radical (unpaired) electrons. The predicted molar refractivity (Wildman–Crippen MR) is 128 cm³/mol. The number of halogens is 2. The molecule has 4 heterocycles. The second-order valence-electron chi connectivity index (χ2n) is 9.78. The van der Waals surface area contributed by atoms with Crippen LogP contribution in [0.25, 0.3) is 0 Å². The number of aromatic nitrogens is 2. The van der Waals surface area contributed by atoms with Crippen molar-refractivity contribution in [3.8, 4) is 6.07 Å². The smallest absolute Gasteiger partial charge is 0.273 e. The predicted octanol–water partition coefficient (Wildman–Crippen LogP) is 3.07. The number of aliphatic hydroxyl groups excluding tert-OH is 1. The van der Waals surface area contributed by atoms with Gasteiger partial charge in [-0.25, -0.2) is 9.29 Å². The van der Waals surface area contributed by atoms with Gasteiger partial charge in [-0.2, -0.15) is 9.65 Å². The van der Waals surface area contributed by atoms with Crippen LogP contribution in [0.5, 0.6) is 0 Å². The number of rotatable bonds is 6. The van der Waals surface area contributed by atoms with Gasteiger partial charge >= 0.3 is 0 Å². The minimum Gasteiger partial charge on any atom is -0.393 e. The molecule has 9 nitrogen and oxygen atoms in total. The number of carbonyl (C=O) groups excluding carboxylic acids is 1. The molecule has 2 aromatic rings. The van der Waals surface area contributed by atoms with E-state index in [0.717, 1.165) is 43.9 Å². The summed E-state index contributed by atoms with van der Waals surface area (Å²) in [5.41, 5.74) is 0.746. The number of nitriles is 1. The largest absolute Gasteiger partial charge is 0.393 e. The summed E-state index contributed by atoms with van der Waals surface area (Å²) in [6, 6.07) is 4.55. The molecule has 4 atom stereocenters. The SMILES string of the molecule is N#Cc1cc(NC(=O)c2c(Cl)c(NSN3C4CCC45C3CC5(O)CO)c3n2CCCC3)cc(F)n1. The topological polar surface area (TPSA) is 126 Å². The Hall–Kier alpha value is -2.36. The summed E-state index contributed by atoms with van der Waals surface area (Å²) >= 11 is 8.19. The maximum Gasteiger partial charge on any atom is 0.273 e. The molecule has 4 unspecified atom stereocenters. The molecular formula is C23H24ClFN6O3S. The van der Waals surface area contributed by atoms with E-state index in [0.29, 0.717) is 29.4 Å². The summed E-state index contributed by atoms with van der Waals surface area (Å²) in [6.07, 6.45) is 5.08. The fourth-order valence-corrected chi connectivity index (χ4v) is 8.10. The summed E-state index contributed by atoms with van der Waals surface area (Å²) in [6.45, 7) is 0.431. The highest BCUT2D eigenvalue weighted by Gasteiger charge is 2.81. The first-order chi connectivity index (χ1) is 16.8. The van der Waals surface area contributed by atoms with Crippen LogP contribution in [-0.4, -0.2) is 54.3 Å². The lowest BCUT2D eigenvalue weighted by Gasteiger charge is -2.81. The maximum atomic E-state index is 13.7. The number of nitrogens with zero attached hydrogens (tertiary/aromatic N) is 4. The number of carbonyl (C=O) groups is 1. The Bertz CT molecular complexity index is 1270. The number of piperidine rings is 2. The first-order valence-corrected chi connectivity index (χ1v) is 12.8. The van der Waals surface area contributed by atoms with E-state index in [2.05, 4.69) is 19.3 Å². The molecule has 2 aliphatic heterocycles. The number of nitrogens with one attached hydrogen (secondary N) is 2. The van der Waals surface area contributed by atoms with E-state index in [-0.39, 0.29) is 35.5 Å². The summed E-state index contributed by atoms with van der Waals surface area (Å²) in [4.78, 5) is 16.7. The maximum absolute atomic E-state index is 13.7. The molecule has 184 valence electrons. The van der Waals surface area contributed by atoms with Crippen LogP contribution in [-0.2, 0) is 13.0 Å². The van der Waals surface area contributed by atoms with Crippen molar-refractivity contribution in [3.63, 3.8) is 0 Å². The molecule has 2 aromatic heterocycles. The van der Waals surface area contributed by atoms with Crippen LogP contribution < -0.4 is 10.0 Å². The van der Waals surface area contributed by atoms with Crippen molar-refractivity contribution in [1.82, 2.24) is 13.9 Å². The minimum absolute atomic E-state index is 0.131. The lowest BCUT2D eigenvalue weighted by molar-refractivity contribution is -0.348. The van der Waals surface area contributed by atoms with Crippen molar-refractivity contribution in [2.45, 2.75) is 62.8 Å². The fraction of sp³-hybridized carbons (Fsp3) is 0.522. The van der Waals surface area contributed by atoms with Crippen molar-refractivity contribution >= 4 is 41.0 Å². The minimum atomic E-state index is -0.978. The molecule has 1 amide bonds. The highest BCUT2D eigenvalue weighted by Crippen LogP contribution is 2.73. The molecule has 3 fully saturated rings. The van der Waals surface area contributed by atoms with E-state index in [9.17, 15) is 19.4 Å². The standard InChI is InChI=1S/C23H24ClFN6O3S/c24-18-19(29-35-31-15-4-5-23(15)16(31)9-22(23,34)11-32)14-3-1-2-6-30(14)20(18)21(33)28-12-7-13(10-26)27-17(25)8-12/h7-8,15-16,29,32,34H,1-6,9,11H2,(H,27,28,33). The molecule has 0 aromatic carbocycles. The molecule has 6 rings (SSSR count). The summed E-state index contributed by atoms with van der Waals surface area (Å²) in [7, 11) is 0. The Kier molecular flexibility index (Phi) is 5.32. The van der Waals surface area contributed by atoms with E-state index in [1.54, 1.807) is 6.07 Å². The fourth-order valence-electron chi connectivity index (χ4n) is 6.48. The number of amides is 1. The number of pyridine rings is 1. The van der Waals surface area contributed by atoms with E-state index in [4.69, 9.17) is 16.9 Å². The lowest BCUT2D eigenvalue weighted by Crippen LogP contribution is -2.90. The Labute approximate surface area is 210 Å². The van der Waals surface area contributed by atoms with E-state index in [1.165, 1.54) is 18.2 Å². The van der Waals surface area contributed by atoms with E-state index < -0.39 is 17.5 Å². The van der Waals surface area contributed by atoms with Crippen LogP contribution in [0, 0.1) is 22.7 Å². The number of anilines is 2. The van der Waals surface area contributed by atoms with Crippen molar-refractivity contribution in [2.24, 2.45) is 5.41 Å². The van der Waals surface area contributed by atoms with Gasteiger partial charge in [0, 0.05) is 53.6 Å². The first kappa shape index (κ1) is 23.1. The third-order valence-corrected chi connectivity index (χ3v) is 9.67. The molecule has 0 bridgehead atoms. The summed E-state index contributed by atoms with van der Waals surface area (Å²) in [5, 5.41) is 32.4. The van der Waals surface area contributed by atoms with Crippen LogP contribution in [0.1, 0.15) is 54.0 Å². The molecule has 2 aliphatic carbocycles. The van der Waals surface area contributed by atoms with Gasteiger partial charge in [0.15, 0.2) is 0 Å². The van der Waals surface area contributed by atoms with Crippen molar-refractivity contribution < 1.29 is 19.4 Å². The van der Waals surface area contributed by atoms with Gasteiger partial charge in [0.05, 0.1) is 22.9 Å². The highest BCUT2D eigenvalue weighted by atomic mass is 35.5. The van der Waals surface area contributed by atoms with Gasteiger partial charge in [0.2, 0.25) is 5.95 Å². The molecule has 4 N–H and O–H groups in total. The van der Waals surface area contributed by atoms with Crippen molar-refractivity contribution in [1.29, 1.82) is 5.26 Å². The third kappa shape index (κ3) is 3.10. The zero-order valence-electron chi connectivity index (χ0n) is 18.7. The van der Waals surface area contributed by atoms with Crippen LogP contribution in [0.15, 0.2) is 12.1 Å². The Morgan fingerprint density at radius 3 is 2.91 bits per heavy atom. The van der Waals surface area contributed by atoms with Gasteiger partial charge < -0.3 is 24.8 Å². The zero-order valence-corrected chi connectivity index (χ0v) is 20.3. The van der Waals surface area contributed by atoms with Crippen molar-refractivity contribution in [2.75, 3.05) is 16.6 Å². The number of hydrogen-bond acceptors (Lipinski definition) is 8. The normalized spacial score (nSPS) is 30.5. The molecule has 4 aliphatic rings. The monoisotopic (exact) mass is 518 g/mol. The second kappa shape index (κ2) is 8.08. The number of aliphatic hydroxyl groups is 2. The van der Waals surface area contributed by atoms with Gasteiger partial charge in [-0.3, -0.25) is 4.79 Å². The highest BCUT2D eigenvalue weighted by molar-refractivity contribution is 7.98. The average Bonchev–Trinajstić information content (AvgIpc) is 3.09. The molecule has 35 heavy (non-hydrogen) atoms. The van der Waals surface area contributed by atoms with Crippen LogP contribution >= 0.6 is 23.7 Å². The van der Waals surface area contributed by atoms with Gasteiger partial charge in [-0.1, -0.05) is 11.6 Å². The molecule has 1 spiro atoms. The number of fused-ring (bicyclic) bond motifs is 1. The Balaban J connectivity index is 1.23. The van der Waals surface area contributed by atoms with Gasteiger partial charge in [-0.05, 0) is 44.6 Å². The zero-order chi connectivity index (χ0) is 24.5. The van der Waals surface area contributed by atoms with Crippen molar-refractivity contribution in [3.05, 3.63) is 40.2 Å².